The number of esters is 3. The normalized spacial score (nSPS) is 12.7. The van der Waals surface area contributed by atoms with Crippen LogP contribution in [0, 0.1) is 10.1 Å². The lowest BCUT2D eigenvalue weighted by Crippen LogP contribution is -2.28. The van der Waals surface area contributed by atoms with Crippen LogP contribution in [-0.2, 0) is 19.1 Å². The van der Waals surface area contributed by atoms with Crippen molar-refractivity contribution in [2.24, 2.45) is 0 Å². The fourth-order valence-electron chi connectivity index (χ4n) is 3.01. The van der Waals surface area contributed by atoms with Crippen molar-refractivity contribution in [3.8, 4) is 5.75 Å². The number of ether oxygens (including phenoxy) is 3. The lowest BCUT2D eigenvalue weighted by Gasteiger charge is -2.24. The maximum absolute atomic E-state index is 13.0. The Hall–Kier alpha value is -4.73. The summed E-state index contributed by atoms with van der Waals surface area (Å²) in [4.78, 5) is 49.5. The van der Waals surface area contributed by atoms with Gasteiger partial charge in [0.1, 0.15) is 11.4 Å². The van der Waals surface area contributed by atoms with Crippen molar-refractivity contribution in [1.29, 1.82) is 0 Å². The largest absolute Gasteiger partial charge is 0.465 e. The molecule has 0 amide bonds. The van der Waals surface area contributed by atoms with Gasteiger partial charge in [-0.1, -0.05) is 18.2 Å². The molecule has 0 fully saturated rings. The molecule has 33 heavy (non-hydrogen) atoms. The van der Waals surface area contributed by atoms with E-state index in [1.165, 1.54) is 60.7 Å². The third kappa shape index (κ3) is 4.96. The van der Waals surface area contributed by atoms with Gasteiger partial charge in [0.15, 0.2) is 0 Å². The van der Waals surface area contributed by atoms with Crippen LogP contribution in [0.5, 0.6) is 5.75 Å². The predicted octanol–water partition coefficient (Wildman–Crippen LogP) is 3.30. The van der Waals surface area contributed by atoms with Gasteiger partial charge in [0.2, 0.25) is 0 Å². The van der Waals surface area contributed by atoms with E-state index in [9.17, 15) is 24.5 Å². The van der Waals surface area contributed by atoms with Crippen LogP contribution in [0.15, 0.2) is 84.2 Å². The average Bonchev–Trinajstić information content (AvgIpc) is 3.06. The van der Waals surface area contributed by atoms with E-state index in [0.29, 0.717) is 0 Å². The molecule has 3 rings (SSSR count). The summed E-state index contributed by atoms with van der Waals surface area (Å²) in [5.74, 6) is -2.29. The Kier molecular flexibility index (Phi) is 6.99. The summed E-state index contributed by atoms with van der Waals surface area (Å²) in [5.41, 5.74) is -0.0994. The molecule has 0 aliphatic carbocycles. The van der Waals surface area contributed by atoms with Gasteiger partial charge in [0, 0.05) is 18.3 Å². The molecule has 0 saturated carbocycles. The summed E-state index contributed by atoms with van der Waals surface area (Å²) in [6.45, 7) is 0. The van der Waals surface area contributed by atoms with Gasteiger partial charge < -0.3 is 19.1 Å². The van der Waals surface area contributed by atoms with Gasteiger partial charge in [0.05, 0.1) is 36.0 Å². The second kappa shape index (κ2) is 10.1. The Bertz CT molecular complexity index is 1200. The van der Waals surface area contributed by atoms with E-state index in [1.54, 1.807) is 24.3 Å². The number of benzene rings is 2. The number of para-hydroxylation sites is 1. The molecule has 1 aliphatic heterocycles. The maximum atomic E-state index is 13.0. The van der Waals surface area contributed by atoms with Crippen molar-refractivity contribution in [3.63, 3.8) is 0 Å². The highest BCUT2D eigenvalue weighted by atomic mass is 16.6. The van der Waals surface area contributed by atoms with Crippen LogP contribution in [0.1, 0.15) is 10.4 Å². The summed E-state index contributed by atoms with van der Waals surface area (Å²) in [7, 11) is 2.34. The SMILES string of the molecule is COC(=O)C1=C(C(=O)OC)N(c2ccccc2C(=O)Oc2ccc([N+](=O)[O-])cc2)C=CC=C1. The Morgan fingerprint density at radius 3 is 2.18 bits per heavy atom. The smallest absolute Gasteiger partial charge is 0.355 e. The molecular formula is C23H18N2O8. The van der Waals surface area contributed by atoms with Crippen LogP contribution in [0.2, 0.25) is 0 Å². The minimum Gasteiger partial charge on any atom is -0.465 e. The molecule has 168 valence electrons. The number of methoxy groups -OCH3 is 2. The summed E-state index contributed by atoms with van der Waals surface area (Å²) < 4.78 is 15.0. The Morgan fingerprint density at radius 1 is 0.879 bits per heavy atom. The summed E-state index contributed by atoms with van der Waals surface area (Å²) in [6, 6.07) is 11.3. The number of allylic oxidation sites excluding steroid dienone is 2. The molecule has 1 heterocycles. The lowest BCUT2D eigenvalue weighted by atomic mass is 10.1. The van der Waals surface area contributed by atoms with Crippen LogP contribution in [0.25, 0.3) is 0 Å². The number of nitro benzene ring substituents is 1. The predicted molar refractivity (Wildman–Crippen MR) is 116 cm³/mol. The summed E-state index contributed by atoms with van der Waals surface area (Å²) in [6.07, 6.45) is 5.98. The van der Waals surface area contributed by atoms with Crippen LogP contribution in [-0.4, -0.2) is 37.1 Å². The number of rotatable bonds is 6. The Labute approximate surface area is 188 Å². The van der Waals surface area contributed by atoms with E-state index in [2.05, 4.69) is 0 Å². The highest BCUT2D eigenvalue weighted by molar-refractivity contribution is 6.07. The minimum absolute atomic E-state index is 0.0630. The van der Waals surface area contributed by atoms with Gasteiger partial charge in [-0.3, -0.25) is 10.1 Å². The number of nitrogens with zero attached hydrogens (tertiary/aromatic N) is 2. The third-order valence-electron chi connectivity index (χ3n) is 4.53. The van der Waals surface area contributed by atoms with E-state index in [0.717, 1.165) is 7.11 Å². The summed E-state index contributed by atoms with van der Waals surface area (Å²) in [5, 5.41) is 10.8. The van der Waals surface area contributed by atoms with Gasteiger partial charge in [-0.05, 0) is 36.4 Å². The fourth-order valence-corrected chi connectivity index (χ4v) is 3.01. The number of hydrogen-bond donors (Lipinski definition) is 0. The zero-order chi connectivity index (χ0) is 24.0. The molecule has 0 unspecified atom stereocenters. The van der Waals surface area contributed by atoms with Crippen LogP contribution >= 0.6 is 0 Å². The Morgan fingerprint density at radius 2 is 1.55 bits per heavy atom. The average molecular weight is 450 g/mol. The first-order chi connectivity index (χ1) is 15.9. The van der Waals surface area contributed by atoms with E-state index >= 15 is 0 Å². The van der Waals surface area contributed by atoms with Gasteiger partial charge in [-0.2, -0.15) is 0 Å². The topological polar surface area (TPSA) is 125 Å². The molecule has 10 heteroatoms. The standard InChI is InChI=1S/C23H18N2O8/c1-31-21(26)18-8-5-6-14-24(20(18)23(28)32-2)19-9-4-3-7-17(19)22(27)33-16-12-10-15(11-13-16)25(29)30/h3-14H,1-2H3. The van der Waals surface area contributed by atoms with Crippen molar-refractivity contribution in [2.45, 2.75) is 0 Å². The van der Waals surface area contributed by atoms with E-state index in [4.69, 9.17) is 14.2 Å². The van der Waals surface area contributed by atoms with Crippen molar-refractivity contribution in [2.75, 3.05) is 19.1 Å². The molecule has 1 aliphatic rings. The van der Waals surface area contributed by atoms with Crippen LogP contribution in [0.3, 0.4) is 0 Å². The number of anilines is 1. The first-order valence-corrected chi connectivity index (χ1v) is 9.48. The zero-order valence-corrected chi connectivity index (χ0v) is 17.6. The molecule has 0 bridgehead atoms. The third-order valence-corrected chi connectivity index (χ3v) is 4.53. The van der Waals surface area contributed by atoms with Gasteiger partial charge in [-0.25, -0.2) is 14.4 Å². The highest BCUT2D eigenvalue weighted by Gasteiger charge is 2.29. The molecule has 10 nitrogen and oxygen atoms in total. The van der Waals surface area contributed by atoms with Crippen molar-refractivity contribution in [1.82, 2.24) is 0 Å². The fraction of sp³-hybridized carbons (Fsp3) is 0.0870. The van der Waals surface area contributed by atoms with E-state index < -0.39 is 22.8 Å². The van der Waals surface area contributed by atoms with Gasteiger partial charge in [-0.15, -0.1) is 0 Å². The number of carbonyl (C=O) groups excluding carboxylic acids is 3. The van der Waals surface area contributed by atoms with Crippen molar-refractivity contribution in [3.05, 3.63) is 99.9 Å². The van der Waals surface area contributed by atoms with Gasteiger partial charge in [0.25, 0.3) is 5.69 Å². The molecule has 0 radical (unpaired) electrons. The van der Waals surface area contributed by atoms with Crippen LogP contribution in [0.4, 0.5) is 11.4 Å². The molecule has 0 aromatic heterocycles. The number of carbonyl (C=O) groups is 3. The first-order valence-electron chi connectivity index (χ1n) is 9.48. The second-order valence-corrected chi connectivity index (χ2v) is 6.47. The molecule has 0 atom stereocenters. The van der Waals surface area contributed by atoms with Crippen LogP contribution < -0.4 is 9.64 Å². The quantitative estimate of drug-likeness (QED) is 0.282. The number of hydrogen-bond acceptors (Lipinski definition) is 9. The minimum atomic E-state index is -0.829. The number of nitro groups is 1. The Balaban J connectivity index is 2.04. The molecule has 0 spiro atoms. The molecule has 2 aromatic rings. The monoisotopic (exact) mass is 450 g/mol. The van der Waals surface area contributed by atoms with Gasteiger partial charge >= 0.3 is 17.9 Å². The molecule has 2 aromatic carbocycles. The lowest BCUT2D eigenvalue weighted by molar-refractivity contribution is -0.384. The highest BCUT2D eigenvalue weighted by Crippen LogP contribution is 2.30. The maximum Gasteiger partial charge on any atom is 0.355 e. The second-order valence-electron chi connectivity index (χ2n) is 6.47. The molecule has 0 N–H and O–H groups in total. The van der Waals surface area contributed by atoms with Crippen molar-refractivity contribution >= 4 is 29.3 Å². The van der Waals surface area contributed by atoms with Crippen molar-refractivity contribution < 1.29 is 33.5 Å². The molecular weight excluding hydrogens is 432 g/mol. The molecule has 0 saturated heterocycles. The number of non-ortho nitro benzene ring substituents is 1. The van der Waals surface area contributed by atoms with E-state index in [-0.39, 0.29) is 34.0 Å². The van der Waals surface area contributed by atoms with E-state index in [1.807, 2.05) is 0 Å². The zero-order valence-electron chi connectivity index (χ0n) is 17.6. The summed E-state index contributed by atoms with van der Waals surface area (Å²) >= 11 is 0. The first kappa shape index (κ1) is 22.9.